The third-order valence-corrected chi connectivity index (χ3v) is 8.20. The van der Waals surface area contributed by atoms with Crippen molar-refractivity contribution in [2.24, 2.45) is 11.7 Å². The van der Waals surface area contributed by atoms with E-state index in [1.165, 1.54) is 11.8 Å². The van der Waals surface area contributed by atoms with Crippen LogP contribution < -0.4 is 5.73 Å². The summed E-state index contributed by atoms with van der Waals surface area (Å²) in [7, 11) is -9.92. The summed E-state index contributed by atoms with van der Waals surface area (Å²) < 4.78 is 88.8. The number of nitrogens with zero attached hydrogens (tertiary/aromatic N) is 1. The van der Waals surface area contributed by atoms with Gasteiger partial charge in [0.25, 0.3) is 0 Å². The fraction of sp³-hybridized carbons (Fsp3) is 0.250. The van der Waals surface area contributed by atoms with Crippen molar-refractivity contribution in [1.29, 1.82) is 0 Å². The van der Waals surface area contributed by atoms with E-state index in [0.29, 0.717) is 5.92 Å². The minimum atomic E-state index is -6.09. The van der Waals surface area contributed by atoms with Gasteiger partial charge in [0, 0.05) is 10.9 Å². The molecule has 0 amide bonds. The van der Waals surface area contributed by atoms with Crippen LogP contribution in [0.25, 0.3) is 4.72 Å². The zero-order valence-corrected chi connectivity index (χ0v) is 28.4. The number of hydrogen-bond acceptors (Lipinski definition) is 6. The second-order valence-corrected chi connectivity index (χ2v) is 13.2. The van der Waals surface area contributed by atoms with Crippen molar-refractivity contribution in [1.82, 2.24) is 0 Å². The molecule has 1 fully saturated rings. The van der Waals surface area contributed by atoms with E-state index in [1.807, 2.05) is 67.6 Å². The number of rotatable bonds is 7. The van der Waals surface area contributed by atoms with Crippen LogP contribution >= 0.6 is 0 Å². The summed E-state index contributed by atoms with van der Waals surface area (Å²) in [6, 6.07) is 24.1. The molecule has 2 N–H and O–H groups in total. The van der Waals surface area contributed by atoms with Gasteiger partial charge in [-0.05, 0) is 68.1 Å². The number of aryl methyl sites for hydroxylation is 1. The summed E-state index contributed by atoms with van der Waals surface area (Å²) >= 11 is 0. The molecular weight excluding hydrogens is 715 g/mol. The quantitative estimate of drug-likeness (QED) is 0.155. The zero-order valence-electron chi connectivity index (χ0n) is 25.0. The third kappa shape index (κ3) is 13.6. The molecule has 0 heterocycles. The molecule has 0 spiro atoms. The van der Waals surface area contributed by atoms with Gasteiger partial charge < -0.3 is 15.0 Å². The number of benzene rings is 3. The van der Waals surface area contributed by atoms with E-state index < -0.39 is 37.7 Å². The maximum atomic E-state index is 12.8. The van der Waals surface area contributed by atoms with Crippen molar-refractivity contribution in [2.45, 2.75) is 50.2 Å². The Hall–Kier alpha value is -2.15. The predicted molar refractivity (Wildman–Crippen MR) is 164 cm³/mol. The van der Waals surface area contributed by atoms with Crippen LogP contribution in [0.3, 0.4) is 0 Å². The fourth-order valence-corrected chi connectivity index (χ4v) is 4.87. The molecule has 0 bridgehead atoms. The molecule has 1 saturated carbocycles. The second-order valence-electron chi connectivity index (χ2n) is 10.2. The number of alkyl halides is 3. The molecule has 3 aromatic carbocycles. The fourth-order valence-electron chi connectivity index (χ4n) is 3.71. The summed E-state index contributed by atoms with van der Waals surface area (Å²) in [5.74, 6) is 3.41. The first-order chi connectivity index (χ1) is 20.4. The minimum Gasteiger partial charge on any atom is -0.741 e. The largest absolute Gasteiger partial charge is 2.00 e. The van der Waals surface area contributed by atoms with Gasteiger partial charge in [-0.15, -0.1) is 0 Å². The maximum absolute atomic E-state index is 12.8. The molecule has 7 nitrogen and oxygen atoms in total. The van der Waals surface area contributed by atoms with Crippen molar-refractivity contribution in [2.75, 3.05) is 0 Å². The maximum Gasteiger partial charge on any atom is 2.00 e. The van der Waals surface area contributed by atoms with E-state index >= 15 is 0 Å². The number of nitrogens with two attached hydrogens (primary N) is 1. The van der Waals surface area contributed by atoms with Crippen molar-refractivity contribution in [3.8, 4) is 0 Å². The van der Waals surface area contributed by atoms with Crippen LogP contribution in [0.5, 0.6) is 0 Å². The Morgan fingerprint density at radius 2 is 1.16 bits per heavy atom. The topological polar surface area (TPSA) is 131 Å². The molecule has 1 aliphatic rings. The summed E-state index contributed by atoms with van der Waals surface area (Å²) in [5.41, 5.74) is 3.37. The van der Waals surface area contributed by atoms with Gasteiger partial charge in [0.2, 0.25) is 0 Å². The zero-order chi connectivity index (χ0) is 33.1. The molecule has 45 heavy (non-hydrogen) atoms. The standard InChI is InChI=1S/C21H21N2O2S.C10H14.CHF3O3S.Ru/c1-16-12-14-19(15-13-16)26(24,25)23-21(18-10-6-3-7-11-18)20(22)17-8-4-2-5-9-17;1-8(2)10-6-4-9(3)5-7-10;2-1(3,4)8(5,6)7;/h2-15,20-21H,22H2,1H3;4-8H,1-3H3;(H,5,6,7);/q-1;;;+2/p-1/t20-,21-;;;/m1.../s1. The Morgan fingerprint density at radius 3 is 1.56 bits per heavy atom. The van der Waals surface area contributed by atoms with Gasteiger partial charge in [-0.3, -0.25) is 0 Å². The van der Waals surface area contributed by atoms with Crippen LogP contribution in [0.15, 0.2) is 89.8 Å². The SMILES string of the molecule is C[C]1[CH][CH][C](C(C)C)[CH][CH]1.Cc1ccc(S(=O)(=O)[N-][C@H](c2ccccc2)[C@H](N)c2ccccc2)cc1.O=S(=O)([O-])C(F)(F)F.[Ru+2]. The average molecular weight is 750 g/mol. The van der Waals surface area contributed by atoms with E-state index in [4.69, 9.17) is 18.7 Å². The van der Waals surface area contributed by atoms with E-state index in [1.54, 1.807) is 24.3 Å². The van der Waals surface area contributed by atoms with Crippen molar-refractivity contribution in [3.05, 3.63) is 144 Å². The van der Waals surface area contributed by atoms with Gasteiger partial charge >= 0.3 is 25.0 Å². The Labute approximate surface area is 278 Å². The summed E-state index contributed by atoms with van der Waals surface area (Å²) in [5, 5.41) is 0. The van der Waals surface area contributed by atoms with Crippen molar-refractivity contribution >= 4 is 20.1 Å². The van der Waals surface area contributed by atoms with E-state index in [0.717, 1.165) is 16.7 Å². The summed E-state index contributed by atoms with van der Waals surface area (Å²) in [4.78, 5) is 0.171. The Kier molecular flexibility index (Phi) is 16.6. The first kappa shape index (κ1) is 40.9. The number of sulfonamides is 1. The van der Waals surface area contributed by atoms with Crippen LogP contribution in [0.2, 0.25) is 0 Å². The van der Waals surface area contributed by atoms with E-state index in [2.05, 4.69) is 51.2 Å². The molecule has 6 radical (unpaired) electrons. The molecule has 2 atom stereocenters. The molecule has 4 rings (SSSR count). The minimum absolute atomic E-state index is 0. The van der Waals surface area contributed by atoms with Gasteiger partial charge in [0.15, 0.2) is 10.1 Å². The third-order valence-electron chi connectivity index (χ3n) is 6.26. The van der Waals surface area contributed by atoms with Gasteiger partial charge in [0.1, 0.15) is 10.0 Å². The molecule has 13 heteroatoms. The second kappa shape index (κ2) is 18.3. The number of hydrogen-bond donors (Lipinski definition) is 1. The van der Waals surface area contributed by atoms with Crippen LogP contribution in [0, 0.1) is 50.4 Å². The number of halogens is 3. The average Bonchev–Trinajstić information content (AvgIpc) is 2.97. The van der Waals surface area contributed by atoms with Gasteiger partial charge in [-0.1, -0.05) is 111 Å². The Balaban J connectivity index is 0.000000438. The smallest absolute Gasteiger partial charge is 0.741 e. The van der Waals surface area contributed by atoms with Crippen LogP contribution in [0.1, 0.15) is 49.5 Å². The first-order valence-corrected chi connectivity index (χ1v) is 16.2. The summed E-state index contributed by atoms with van der Waals surface area (Å²) in [6.07, 6.45) is 8.71. The molecule has 0 unspecified atom stereocenters. The van der Waals surface area contributed by atoms with Gasteiger partial charge in [-0.25, -0.2) is 16.8 Å². The molecular formula is C32H35F3N2O5RuS2. The normalized spacial score (nSPS) is 15.9. The molecule has 0 aromatic heterocycles. The predicted octanol–water partition coefficient (Wildman–Crippen LogP) is 7.19. The van der Waals surface area contributed by atoms with Crippen LogP contribution in [-0.4, -0.2) is 26.9 Å². The molecule has 0 aliphatic heterocycles. The molecule has 3 aromatic rings. The van der Waals surface area contributed by atoms with E-state index in [-0.39, 0.29) is 24.4 Å². The van der Waals surface area contributed by atoms with Crippen molar-refractivity contribution in [3.63, 3.8) is 0 Å². The van der Waals surface area contributed by atoms with Crippen molar-refractivity contribution < 1.29 is 54.0 Å². The Morgan fingerprint density at radius 1 is 0.733 bits per heavy atom. The summed E-state index contributed by atoms with van der Waals surface area (Å²) in [6.45, 7) is 8.45. The van der Waals surface area contributed by atoms with Crippen LogP contribution in [-0.2, 0) is 39.6 Å². The molecule has 1 aliphatic carbocycles. The first-order valence-electron chi connectivity index (χ1n) is 13.4. The monoisotopic (exact) mass is 750 g/mol. The Bertz CT molecular complexity index is 1480. The van der Waals surface area contributed by atoms with Gasteiger partial charge in [-0.2, -0.15) is 13.2 Å². The van der Waals surface area contributed by atoms with Crippen LogP contribution in [0.4, 0.5) is 13.2 Å². The molecule has 0 saturated heterocycles. The molecule has 244 valence electrons. The van der Waals surface area contributed by atoms with Gasteiger partial charge in [0.05, 0.1) is 0 Å². The van der Waals surface area contributed by atoms with E-state index in [9.17, 15) is 21.6 Å².